The number of benzene rings is 3. The maximum absolute atomic E-state index is 13.9. The van der Waals surface area contributed by atoms with Crippen LogP contribution in [-0.4, -0.2) is 22.0 Å². The second-order valence-electron chi connectivity index (χ2n) is 6.31. The van der Waals surface area contributed by atoms with Crippen LogP contribution in [0.3, 0.4) is 0 Å². The van der Waals surface area contributed by atoms with Gasteiger partial charge in [0.1, 0.15) is 11.6 Å². The number of sulfonamides is 1. The Hall–Kier alpha value is -2.77. The first-order chi connectivity index (χ1) is 13.4. The number of nitrogens with one attached hydrogen (secondary N) is 2. The van der Waals surface area contributed by atoms with Crippen molar-refractivity contribution in [1.82, 2.24) is 5.32 Å². The molecule has 3 aromatic carbocycles. The Balaban J connectivity index is 1.81. The number of hydrogen-bond donors (Lipinski definition) is 2. The van der Waals surface area contributed by atoms with Crippen LogP contribution in [0, 0.1) is 11.6 Å². The summed E-state index contributed by atoms with van der Waals surface area (Å²) in [5.41, 5.74) is 2.15. The molecular formula is C21H20F2N2O2S. The molecule has 0 aliphatic heterocycles. The molecule has 28 heavy (non-hydrogen) atoms. The summed E-state index contributed by atoms with van der Waals surface area (Å²) >= 11 is 0. The van der Waals surface area contributed by atoms with Crippen molar-refractivity contribution < 1.29 is 17.2 Å². The predicted octanol–water partition coefficient (Wildman–Crippen LogP) is 4.19. The molecule has 0 spiro atoms. The van der Waals surface area contributed by atoms with Crippen molar-refractivity contribution in [3.63, 3.8) is 0 Å². The van der Waals surface area contributed by atoms with Gasteiger partial charge in [-0.1, -0.05) is 24.3 Å². The molecule has 146 valence electrons. The summed E-state index contributed by atoms with van der Waals surface area (Å²) in [5.74, 6) is -1.37. The predicted molar refractivity (Wildman–Crippen MR) is 107 cm³/mol. The number of hydrogen-bond acceptors (Lipinski definition) is 3. The second-order valence-corrected chi connectivity index (χ2v) is 7.99. The SMILES string of the molecule is CNCCc1cccc(NS(=O)(=O)c2ccc(-c3ccc(F)cc3F)cc2)c1. The van der Waals surface area contributed by atoms with E-state index in [1.807, 2.05) is 13.1 Å². The summed E-state index contributed by atoms with van der Waals surface area (Å²) in [5, 5.41) is 3.05. The van der Waals surface area contributed by atoms with Crippen LogP contribution >= 0.6 is 0 Å². The van der Waals surface area contributed by atoms with Gasteiger partial charge in [0.15, 0.2) is 0 Å². The highest BCUT2D eigenvalue weighted by Crippen LogP contribution is 2.25. The van der Waals surface area contributed by atoms with E-state index in [2.05, 4.69) is 10.0 Å². The van der Waals surface area contributed by atoms with Crippen LogP contribution in [0.4, 0.5) is 14.5 Å². The first kappa shape index (κ1) is 20.0. The zero-order valence-electron chi connectivity index (χ0n) is 15.2. The highest BCUT2D eigenvalue weighted by Gasteiger charge is 2.15. The Labute approximate surface area is 163 Å². The quantitative estimate of drug-likeness (QED) is 0.623. The fraction of sp³-hybridized carbons (Fsp3) is 0.143. The van der Waals surface area contributed by atoms with Gasteiger partial charge in [0.2, 0.25) is 0 Å². The summed E-state index contributed by atoms with van der Waals surface area (Å²) in [7, 11) is -1.93. The molecule has 3 aromatic rings. The Morgan fingerprint density at radius 1 is 0.929 bits per heavy atom. The van der Waals surface area contributed by atoms with Gasteiger partial charge in [-0.15, -0.1) is 0 Å². The highest BCUT2D eigenvalue weighted by molar-refractivity contribution is 7.92. The molecule has 0 aliphatic rings. The lowest BCUT2D eigenvalue weighted by atomic mass is 10.1. The van der Waals surface area contributed by atoms with Crippen LogP contribution in [0.25, 0.3) is 11.1 Å². The molecule has 0 aliphatic carbocycles. The number of likely N-dealkylation sites (N-methyl/N-ethyl adjacent to an activating group) is 1. The first-order valence-electron chi connectivity index (χ1n) is 8.71. The van der Waals surface area contributed by atoms with Gasteiger partial charge >= 0.3 is 0 Å². The standard InChI is InChI=1S/C21H20F2N2O2S/c1-24-12-11-15-3-2-4-18(13-15)25-28(26,27)19-8-5-16(6-9-19)20-10-7-17(22)14-21(20)23/h2-10,13-14,24-25H,11-12H2,1H3. The van der Waals surface area contributed by atoms with Gasteiger partial charge in [-0.2, -0.15) is 0 Å². The summed E-state index contributed by atoms with van der Waals surface area (Å²) in [6.07, 6.45) is 0.782. The summed E-state index contributed by atoms with van der Waals surface area (Å²) in [6, 6.07) is 16.3. The minimum Gasteiger partial charge on any atom is -0.319 e. The average Bonchev–Trinajstić information content (AvgIpc) is 2.66. The third-order valence-electron chi connectivity index (χ3n) is 4.25. The number of rotatable bonds is 7. The minimum absolute atomic E-state index is 0.0550. The van der Waals surface area contributed by atoms with Crippen molar-refractivity contribution in [3.8, 4) is 11.1 Å². The van der Waals surface area contributed by atoms with Crippen molar-refractivity contribution in [3.05, 3.63) is 83.9 Å². The molecule has 7 heteroatoms. The lowest BCUT2D eigenvalue weighted by molar-refractivity contribution is 0.585. The monoisotopic (exact) mass is 402 g/mol. The van der Waals surface area contributed by atoms with Gasteiger partial charge in [0.05, 0.1) is 4.90 Å². The van der Waals surface area contributed by atoms with Crippen LogP contribution < -0.4 is 10.0 Å². The van der Waals surface area contributed by atoms with Gasteiger partial charge in [0.25, 0.3) is 10.0 Å². The van der Waals surface area contributed by atoms with Crippen molar-refractivity contribution in [2.45, 2.75) is 11.3 Å². The summed E-state index contributed by atoms with van der Waals surface area (Å²) < 4.78 is 54.8. The second kappa shape index (κ2) is 8.50. The van der Waals surface area contributed by atoms with Crippen LogP contribution in [0.15, 0.2) is 71.6 Å². The van der Waals surface area contributed by atoms with E-state index in [1.165, 1.54) is 30.3 Å². The third-order valence-corrected chi connectivity index (χ3v) is 5.65. The highest BCUT2D eigenvalue weighted by atomic mass is 32.2. The smallest absolute Gasteiger partial charge is 0.261 e. The number of halogens is 2. The maximum atomic E-state index is 13.9. The van der Waals surface area contributed by atoms with E-state index >= 15 is 0 Å². The minimum atomic E-state index is -3.79. The Morgan fingerprint density at radius 3 is 2.36 bits per heavy atom. The van der Waals surface area contributed by atoms with Crippen molar-refractivity contribution in [1.29, 1.82) is 0 Å². The molecule has 0 saturated heterocycles. The molecule has 0 saturated carbocycles. The molecule has 3 rings (SSSR count). The van der Waals surface area contributed by atoms with E-state index in [0.717, 1.165) is 30.7 Å². The zero-order valence-corrected chi connectivity index (χ0v) is 16.1. The van der Waals surface area contributed by atoms with Gasteiger partial charge < -0.3 is 5.32 Å². The first-order valence-corrected chi connectivity index (χ1v) is 10.2. The van der Waals surface area contributed by atoms with E-state index in [1.54, 1.807) is 18.2 Å². The van der Waals surface area contributed by atoms with E-state index in [-0.39, 0.29) is 10.5 Å². The Kier molecular flexibility index (Phi) is 6.06. The molecule has 0 unspecified atom stereocenters. The fourth-order valence-corrected chi connectivity index (χ4v) is 3.86. The lowest BCUT2D eigenvalue weighted by Crippen LogP contribution is -2.14. The maximum Gasteiger partial charge on any atom is 0.261 e. The molecule has 2 N–H and O–H groups in total. The molecule has 0 bridgehead atoms. The zero-order chi connectivity index (χ0) is 20.1. The van der Waals surface area contributed by atoms with E-state index < -0.39 is 21.7 Å². The van der Waals surface area contributed by atoms with Crippen LogP contribution in [0.2, 0.25) is 0 Å². The van der Waals surface area contributed by atoms with E-state index in [9.17, 15) is 17.2 Å². The van der Waals surface area contributed by atoms with Crippen LogP contribution in [0.1, 0.15) is 5.56 Å². The van der Waals surface area contributed by atoms with Gasteiger partial charge in [-0.25, -0.2) is 17.2 Å². The molecule has 0 fully saturated rings. The van der Waals surface area contributed by atoms with Crippen molar-refractivity contribution >= 4 is 15.7 Å². The van der Waals surface area contributed by atoms with Crippen LogP contribution in [-0.2, 0) is 16.4 Å². The van der Waals surface area contributed by atoms with Crippen molar-refractivity contribution in [2.75, 3.05) is 18.3 Å². The summed E-state index contributed by atoms with van der Waals surface area (Å²) in [6.45, 7) is 0.789. The fourth-order valence-electron chi connectivity index (χ4n) is 2.81. The Morgan fingerprint density at radius 2 is 1.68 bits per heavy atom. The largest absolute Gasteiger partial charge is 0.319 e. The van der Waals surface area contributed by atoms with Gasteiger partial charge in [-0.3, -0.25) is 4.72 Å². The molecule has 0 aromatic heterocycles. The Bertz CT molecular complexity index is 1070. The number of anilines is 1. The molecule has 0 amide bonds. The summed E-state index contributed by atoms with van der Waals surface area (Å²) in [4.78, 5) is 0.0550. The van der Waals surface area contributed by atoms with E-state index in [0.29, 0.717) is 11.3 Å². The molecule has 0 radical (unpaired) electrons. The molecule has 4 nitrogen and oxygen atoms in total. The topological polar surface area (TPSA) is 58.2 Å². The van der Waals surface area contributed by atoms with Gasteiger partial charge in [-0.05, 0) is 67.5 Å². The third kappa shape index (κ3) is 4.74. The molecule has 0 atom stereocenters. The lowest BCUT2D eigenvalue weighted by Gasteiger charge is -2.11. The normalized spacial score (nSPS) is 11.4. The molecular weight excluding hydrogens is 382 g/mol. The van der Waals surface area contributed by atoms with Crippen LogP contribution in [0.5, 0.6) is 0 Å². The van der Waals surface area contributed by atoms with Gasteiger partial charge in [0, 0.05) is 17.3 Å². The van der Waals surface area contributed by atoms with Crippen molar-refractivity contribution in [2.24, 2.45) is 0 Å². The average molecular weight is 402 g/mol. The van der Waals surface area contributed by atoms with E-state index in [4.69, 9.17) is 0 Å². The molecule has 0 heterocycles.